The van der Waals surface area contributed by atoms with Gasteiger partial charge < -0.3 is 24.4 Å². The van der Waals surface area contributed by atoms with Crippen LogP contribution in [0, 0.1) is 0 Å². The van der Waals surface area contributed by atoms with E-state index in [0.717, 1.165) is 17.0 Å². The number of carbonyl (C=O) groups excluding carboxylic acids is 2. The van der Waals surface area contributed by atoms with Crippen molar-refractivity contribution in [3.05, 3.63) is 54.1 Å². The molecule has 1 amide bonds. The van der Waals surface area contributed by atoms with Gasteiger partial charge in [-0.15, -0.1) is 0 Å². The maximum absolute atomic E-state index is 13.0. The van der Waals surface area contributed by atoms with Crippen molar-refractivity contribution in [2.24, 2.45) is 0 Å². The Balaban J connectivity index is 1.61. The fraction of sp³-hybridized carbons (Fsp3) is 0.364. The van der Waals surface area contributed by atoms with Crippen molar-refractivity contribution in [3.8, 4) is 11.5 Å². The highest BCUT2D eigenvalue weighted by Crippen LogP contribution is 2.22. The minimum absolute atomic E-state index is 0.0345. The number of nitrogens with zero attached hydrogens (tertiary/aromatic N) is 1. The maximum Gasteiger partial charge on any atom is 0.344 e. The van der Waals surface area contributed by atoms with Gasteiger partial charge in [-0.1, -0.05) is 12.1 Å². The van der Waals surface area contributed by atoms with Crippen LogP contribution in [0.1, 0.15) is 12.5 Å². The number of hydrogen-bond donors (Lipinski definition) is 1. The lowest BCUT2D eigenvalue weighted by Gasteiger charge is -2.33. The third-order valence-electron chi connectivity index (χ3n) is 4.70. The van der Waals surface area contributed by atoms with E-state index in [1.807, 2.05) is 36.4 Å². The molecule has 154 valence electrons. The van der Waals surface area contributed by atoms with Gasteiger partial charge in [0.15, 0.2) is 6.61 Å². The van der Waals surface area contributed by atoms with Crippen LogP contribution in [-0.4, -0.2) is 51.3 Å². The SMILES string of the molecule is CCOC(=O)COc1ccc(N2CCN[C@@H](Cc3ccc(OC)cc3)C2=O)cc1. The van der Waals surface area contributed by atoms with E-state index in [1.165, 1.54) is 0 Å². The van der Waals surface area contributed by atoms with Gasteiger partial charge in [0.2, 0.25) is 5.91 Å². The Hall–Kier alpha value is -3.06. The summed E-state index contributed by atoms with van der Waals surface area (Å²) in [6.07, 6.45) is 0.611. The lowest BCUT2D eigenvalue weighted by Crippen LogP contribution is -2.56. The van der Waals surface area contributed by atoms with Gasteiger partial charge in [0.1, 0.15) is 11.5 Å². The van der Waals surface area contributed by atoms with Crippen molar-refractivity contribution in [3.63, 3.8) is 0 Å². The number of piperazine rings is 1. The molecule has 1 heterocycles. The van der Waals surface area contributed by atoms with Gasteiger partial charge >= 0.3 is 5.97 Å². The summed E-state index contributed by atoms with van der Waals surface area (Å²) in [4.78, 5) is 26.1. The molecule has 0 saturated carbocycles. The summed E-state index contributed by atoms with van der Waals surface area (Å²) in [5.41, 5.74) is 1.88. The van der Waals surface area contributed by atoms with Crippen LogP contribution in [0.3, 0.4) is 0 Å². The average Bonchev–Trinajstić information content (AvgIpc) is 2.75. The van der Waals surface area contributed by atoms with Crippen molar-refractivity contribution < 1.29 is 23.8 Å². The van der Waals surface area contributed by atoms with Crippen molar-refractivity contribution in [1.82, 2.24) is 5.32 Å². The molecule has 7 nitrogen and oxygen atoms in total. The minimum atomic E-state index is -0.407. The predicted molar refractivity (Wildman–Crippen MR) is 109 cm³/mol. The molecule has 1 atom stereocenters. The Morgan fingerprint density at radius 1 is 1.10 bits per heavy atom. The van der Waals surface area contributed by atoms with E-state index in [2.05, 4.69) is 5.32 Å². The molecule has 0 unspecified atom stereocenters. The molecule has 1 aliphatic heterocycles. The number of anilines is 1. The Bertz CT molecular complexity index is 820. The number of nitrogens with one attached hydrogen (secondary N) is 1. The number of rotatable bonds is 8. The van der Waals surface area contributed by atoms with Gasteiger partial charge in [0.25, 0.3) is 0 Å². The Kier molecular flexibility index (Phi) is 7.08. The highest BCUT2D eigenvalue weighted by atomic mass is 16.6. The van der Waals surface area contributed by atoms with Crippen LogP contribution in [0.15, 0.2) is 48.5 Å². The average molecular weight is 398 g/mol. The molecule has 1 N–H and O–H groups in total. The van der Waals surface area contributed by atoms with E-state index >= 15 is 0 Å². The molecule has 0 radical (unpaired) electrons. The largest absolute Gasteiger partial charge is 0.497 e. The first-order valence-electron chi connectivity index (χ1n) is 9.67. The van der Waals surface area contributed by atoms with E-state index < -0.39 is 5.97 Å². The van der Waals surface area contributed by atoms with Crippen LogP contribution in [0.2, 0.25) is 0 Å². The van der Waals surface area contributed by atoms with Crippen LogP contribution in [0.25, 0.3) is 0 Å². The molecule has 0 aromatic heterocycles. The van der Waals surface area contributed by atoms with Crippen molar-refractivity contribution in [2.45, 2.75) is 19.4 Å². The number of hydrogen-bond acceptors (Lipinski definition) is 6. The van der Waals surface area contributed by atoms with Gasteiger partial charge in [-0.05, 0) is 55.3 Å². The predicted octanol–water partition coefficient (Wildman–Crippen LogP) is 2.18. The summed E-state index contributed by atoms with van der Waals surface area (Å²) in [7, 11) is 1.63. The van der Waals surface area contributed by atoms with Crippen LogP contribution >= 0.6 is 0 Å². The molecular formula is C22H26N2O5. The molecule has 2 aromatic rings. The highest BCUT2D eigenvalue weighted by Gasteiger charge is 2.29. The van der Waals surface area contributed by atoms with E-state index in [-0.39, 0.29) is 18.6 Å². The molecule has 2 aromatic carbocycles. The van der Waals surface area contributed by atoms with Gasteiger partial charge in [-0.3, -0.25) is 4.79 Å². The molecule has 1 fully saturated rings. The molecule has 3 rings (SSSR count). The third-order valence-corrected chi connectivity index (χ3v) is 4.70. The molecule has 1 saturated heterocycles. The lowest BCUT2D eigenvalue weighted by molar-refractivity contribution is -0.145. The summed E-state index contributed by atoms with van der Waals surface area (Å²) in [5, 5.41) is 3.30. The van der Waals surface area contributed by atoms with Crippen molar-refractivity contribution in [1.29, 1.82) is 0 Å². The number of esters is 1. The quantitative estimate of drug-likeness (QED) is 0.687. The van der Waals surface area contributed by atoms with E-state index in [1.54, 1.807) is 31.1 Å². The molecule has 0 bridgehead atoms. The van der Waals surface area contributed by atoms with Crippen LogP contribution < -0.4 is 19.7 Å². The molecule has 1 aliphatic rings. The monoisotopic (exact) mass is 398 g/mol. The zero-order valence-corrected chi connectivity index (χ0v) is 16.7. The zero-order chi connectivity index (χ0) is 20.6. The fourth-order valence-corrected chi connectivity index (χ4v) is 3.22. The summed E-state index contributed by atoms with van der Waals surface area (Å²) in [5.74, 6) is 0.977. The van der Waals surface area contributed by atoms with Gasteiger partial charge in [0, 0.05) is 18.8 Å². The van der Waals surface area contributed by atoms with E-state index in [9.17, 15) is 9.59 Å². The summed E-state index contributed by atoms with van der Waals surface area (Å²) in [6.45, 7) is 3.25. The molecular weight excluding hydrogens is 372 g/mol. The highest BCUT2D eigenvalue weighted by molar-refractivity contribution is 5.98. The summed E-state index contributed by atoms with van der Waals surface area (Å²) >= 11 is 0. The van der Waals surface area contributed by atoms with Gasteiger partial charge in [-0.25, -0.2) is 4.79 Å². The van der Waals surface area contributed by atoms with Crippen molar-refractivity contribution in [2.75, 3.05) is 38.3 Å². The topological polar surface area (TPSA) is 77.1 Å². The van der Waals surface area contributed by atoms with Crippen LogP contribution in [-0.2, 0) is 20.7 Å². The van der Waals surface area contributed by atoms with Gasteiger partial charge in [-0.2, -0.15) is 0 Å². The smallest absolute Gasteiger partial charge is 0.344 e. The Morgan fingerprint density at radius 3 is 2.45 bits per heavy atom. The first-order valence-corrected chi connectivity index (χ1v) is 9.67. The standard InChI is InChI=1S/C22H26N2O5/c1-3-28-21(25)15-29-19-10-6-17(7-11-19)24-13-12-23-20(22(24)26)14-16-4-8-18(27-2)9-5-16/h4-11,20,23H,3,12-15H2,1-2H3/t20-/m0/s1. The first-order chi connectivity index (χ1) is 14.1. The number of methoxy groups -OCH3 is 1. The molecule has 0 aliphatic carbocycles. The zero-order valence-electron chi connectivity index (χ0n) is 16.7. The number of carbonyl (C=O) groups is 2. The third kappa shape index (κ3) is 5.48. The normalized spacial score (nSPS) is 16.4. The summed E-state index contributed by atoms with van der Waals surface area (Å²) < 4.78 is 15.4. The lowest BCUT2D eigenvalue weighted by atomic mass is 10.0. The second-order valence-corrected chi connectivity index (χ2v) is 6.64. The summed E-state index contributed by atoms with van der Waals surface area (Å²) in [6, 6.07) is 14.6. The molecule has 29 heavy (non-hydrogen) atoms. The maximum atomic E-state index is 13.0. The number of benzene rings is 2. The van der Waals surface area contributed by atoms with Gasteiger partial charge in [0.05, 0.1) is 19.8 Å². The fourth-order valence-electron chi connectivity index (χ4n) is 3.22. The second-order valence-electron chi connectivity index (χ2n) is 6.64. The molecule has 0 spiro atoms. The Morgan fingerprint density at radius 2 is 1.79 bits per heavy atom. The van der Waals surface area contributed by atoms with Crippen LogP contribution in [0.4, 0.5) is 5.69 Å². The second kappa shape index (κ2) is 9.93. The minimum Gasteiger partial charge on any atom is -0.497 e. The first kappa shape index (κ1) is 20.7. The molecule has 7 heteroatoms. The van der Waals surface area contributed by atoms with Crippen molar-refractivity contribution >= 4 is 17.6 Å². The number of amides is 1. The Labute approximate surface area is 170 Å². The van der Waals surface area contributed by atoms with Crippen LogP contribution in [0.5, 0.6) is 11.5 Å². The van der Waals surface area contributed by atoms with E-state index in [4.69, 9.17) is 14.2 Å². The van der Waals surface area contributed by atoms with E-state index in [0.29, 0.717) is 31.9 Å². The number of ether oxygens (including phenoxy) is 3.